The van der Waals surface area contributed by atoms with E-state index in [0.717, 1.165) is 0 Å². The van der Waals surface area contributed by atoms with E-state index < -0.39 is 69.6 Å². The lowest BCUT2D eigenvalue weighted by molar-refractivity contribution is -0.424. The molecule has 0 aromatic rings. The molecule has 1 atom stereocenters. The van der Waals surface area contributed by atoms with Crippen LogP contribution < -0.4 is 0 Å². The van der Waals surface area contributed by atoms with Crippen molar-refractivity contribution in [2.75, 3.05) is 5.75 Å². The van der Waals surface area contributed by atoms with Gasteiger partial charge in [0.2, 0.25) is 14.7 Å². The molecule has 0 fully saturated rings. The normalized spacial score (nSPS) is 17.7. The van der Waals surface area contributed by atoms with Crippen molar-refractivity contribution >= 4 is 19.7 Å². The van der Waals surface area contributed by atoms with Crippen LogP contribution in [0.15, 0.2) is 0 Å². The zero-order chi connectivity index (χ0) is 22.3. The Morgan fingerprint density at radius 3 is 1.41 bits per heavy atom. The lowest BCUT2D eigenvalue weighted by Crippen LogP contribution is -2.71. The molecule has 27 heavy (non-hydrogen) atoms. The van der Waals surface area contributed by atoms with Gasteiger partial charge in [-0.25, -0.2) is 21.6 Å². The van der Waals surface area contributed by atoms with Gasteiger partial charge in [-0.05, 0) is 6.42 Å². The summed E-state index contributed by atoms with van der Waals surface area (Å²) in [4.78, 5) is 0. The third-order valence-electron chi connectivity index (χ3n) is 3.48. The third kappa shape index (κ3) is 4.53. The first-order valence-corrected chi connectivity index (χ1v) is 9.19. The van der Waals surface area contributed by atoms with Crippen molar-refractivity contribution in [3.8, 4) is 0 Å². The molecule has 0 spiro atoms. The molecular weight excluding hydrogens is 460 g/mol. The molecule has 0 bridgehead atoms. The van der Waals surface area contributed by atoms with Crippen LogP contribution in [-0.4, -0.2) is 49.7 Å². The van der Waals surface area contributed by atoms with Crippen LogP contribution in [0, 0.1) is 0 Å². The average Bonchev–Trinajstić information content (AvgIpc) is 2.42. The summed E-state index contributed by atoms with van der Waals surface area (Å²) < 4.78 is 180. The maximum absolute atomic E-state index is 14.4. The Bertz CT molecular complexity index is 630. The average molecular weight is 471 g/mol. The molecule has 0 saturated carbocycles. The summed E-state index contributed by atoms with van der Waals surface area (Å²) in [5, 5.41) is 0. The fourth-order valence-corrected chi connectivity index (χ4v) is 2.72. The minimum Gasteiger partial charge on any atom is -0.230 e. The Balaban J connectivity index is 6.45. The van der Waals surface area contributed by atoms with Gasteiger partial charge in [0.1, 0.15) is 0 Å². The fourth-order valence-electron chi connectivity index (χ4n) is 1.99. The second kappa shape index (κ2) is 7.34. The van der Waals surface area contributed by atoms with Crippen LogP contribution in [0.4, 0.5) is 52.7 Å². The highest BCUT2D eigenvalue weighted by atomic mass is 35.7. The zero-order valence-electron chi connectivity index (χ0n) is 13.0. The number of halogens is 13. The maximum atomic E-state index is 14.4. The van der Waals surface area contributed by atoms with E-state index >= 15 is 0 Å². The predicted octanol–water partition coefficient (Wildman–Crippen LogP) is 5.56. The molecule has 0 aliphatic rings. The van der Waals surface area contributed by atoms with Gasteiger partial charge in [-0.3, -0.25) is 0 Å². The van der Waals surface area contributed by atoms with E-state index in [1.54, 1.807) is 0 Å². The smallest absolute Gasteiger partial charge is 0.230 e. The van der Waals surface area contributed by atoms with Crippen molar-refractivity contribution < 1.29 is 61.1 Å². The molecule has 0 aliphatic heterocycles. The molecule has 0 saturated heterocycles. The highest BCUT2D eigenvalue weighted by Crippen LogP contribution is 2.61. The van der Waals surface area contributed by atoms with Crippen LogP contribution in [0.2, 0.25) is 0 Å². The van der Waals surface area contributed by atoms with Crippen molar-refractivity contribution in [2.24, 2.45) is 0 Å². The Morgan fingerprint density at radius 2 is 1.11 bits per heavy atom. The van der Waals surface area contributed by atoms with Crippen LogP contribution in [0.25, 0.3) is 0 Å². The highest BCUT2D eigenvalue weighted by Gasteiger charge is 2.89. The number of rotatable bonds is 9. The third-order valence-corrected chi connectivity index (χ3v) is 4.63. The van der Waals surface area contributed by atoms with Crippen molar-refractivity contribution in [3.05, 3.63) is 0 Å². The zero-order valence-corrected chi connectivity index (χ0v) is 14.5. The molecule has 0 heterocycles. The second-order valence-electron chi connectivity index (χ2n) is 5.47. The van der Waals surface area contributed by atoms with Gasteiger partial charge in [0.25, 0.3) is 5.92 Å². The van der Waals surface area contributed by atoms with Crippen molar-refractivity contribution in [1.29, 1.82) is 0 Å². The molecule has 0 aromatic heterocycles. The summed E-state index contributed by atoms with van der Waals surface area (Å²) in [7, 11) is -0.385. The molecule has 16 heteroatoms. The SMILES string of the molecule is CCCC(F)(C(F)(F)CCS(=O)(=O)Cl)C(F)(F)C(F)(F)C(F)(F)C(F)(F)F. The molecule has 0 rings (SSSR count). The summed E-state index contributed by atoms with van der Waals surface area (Å²) in [6.45, 7) is 0.666. The highest BCUT2D eigenvalue weighted by molar-refractivity contribution is 8.13. The monoisotopic (exact) mass is 470 g/mol. The van der Waals surface area contributed by atoms with Gasteiger partial charge in [-0.1, -0.05) is 13.3 Å². The van der Waals surface area contributed by atoms with E-state index in [0.29, 0.717) is 6.92 Å². The molecular formula is C11H11ClF12O2S. The number of alkyl halides is 12. The van der Waals surface area contributed by atoms with E-state index in [2.05, 4.69) is 10.7 Å². The summed E-state index contributed by atoms with van der Waals surface area (Å²) in [6, 6.07) is 0. The van der Waals surface area contributed by atoms with Gasteiger partial charge in [0.05, 0.1) is 5.75 Å². The maximum Gasteiger partial charge on any atom is 0.460 e. The summed E-state index contributed by atoms with van der Waals surface area (Å²) in [6.07, 6.45) is -13.2. The summed E-state index contributed by atoms with van der Waals surface area (Å²) in [5.74, 6) is -30.2. The molecule has 164 valence electrons. The molecule has 1 unspecified atom stereocenters. The Kier molecular flexibility index (Phi) is 7.17. The van der Waals surface area contributed by atoms with Crippen LogP contribution in [0.3, 0.4) is 0 Å². The van der Waals surface area contributed by atoms with Crippen molar-refractivity contribution in [3.63, 3.8) is 0 Å². The van der Waals surface area contributed by atoms with Gasteiger partial charge in [0, 0.05) is 17.1 Å². The number of hydrogen-bond acceptors (Lipinski definition) is 2. The Hall–Kier alpha value is -0.600. The van der Waals surface area contributed by atoms with Gasteiger partial charge < -0.3 is 0 Å². The molecule has 0 amide bonds. The van der Waals surface area contributed by atoms with Crippen LogP contribution in [0.5, 0.6) is 0 Å². The van der Waals surface area contributed by atoms with Gasteiger partial charge in [-0.15, -0.1) is 0 Å². The first-order valence-electron chi connectivity index (χ1n) is 6.71. The molecule has 0 N–H and O–H groups in total. The first kappa shape index (κ1) is 26.4. The van der Waals surface area contributed by atoms with Gasteiger partial charge >= 0.3 is 23.9 Å². The molecule has 0 radical (unpaired) electrons. The minimum atomic E-state index is -7.63. The van der Waals surface area contributed by atoms with Crippen LogP contribution in [0.1, 0.15) is 26.2 Å². The quantitative estimate of drug-likeness (QED) is 0.327. The second-order valence-corrected chi connectivity index (χ2v) is 8.37. The van der Waals surface area contributed by atoms with E-state index in [-0.39, 0.29) is 0 Å². The summed E-state index contributed by atoms with van der Waals surface area (Å²) in [5.41, 5.74) is -5.95. The van der Waals surface area contributed by atoms with Crippen molar-refractivity contribution in [1.82, 2.24) is 0 Å². The van der Waals surface area contributed by atoms with Crippen LogP contribution in [-0.2, 0) is 9.05 Å². The lowest BCUT2D eigenvalue weighted by atomic mass is 9.79. The fraction of sp³-hybridized carbons (Fsp3) is 1.00. The summed E-state index contributed by atoms with van der Waals surface area (Å²) >= 11 is 0. The largest absolute Gasteiger partial charge is 0.460 e. The standard InChI is InChI=1S/C11H11ClF12O2S/c1-2-3-6(13,7(14,15)4-5-27(12,25)26)8(16,17)9(18,19)10(20,21)11(22,23)24/h2-5H2,1H3. The Morgan fingerprint density at radius 1 is 0.704 bits per heavy atom. The van der Waals surface area contributed by atoms with Gasteiger partial charge in [0.15, 0.2) is 0 Å². The Labute approximate surface area is 149 Å². The van der Waals surface area contributed by atoms with E-state index in [1.165, 1.54) is 0 Å². The van der Waals surface area contributed by atoms with Gasteiger partial charge in [-0.2, -0.15) is 39.5 Å². The van der Waals surface area contributed by atoms with E-state index in [1.807, 2.05) is 0 Å². The first-order chi connectivity index (χ1) is 11.5. The molecule has 0 aliphatic carbocycles. The van der Waals surface area contributed by atoms with E-state index in [9.17, 15) is 61.1 Å². The number of hydrogen-bond donors (Lipinski definition) is 0. The van der Waals surface area contributed by atoms with Crippen LogP contribution >= 0.6 is 10.7 Å². The van der Waals surface area contributed by atoms with Crippen molar-refractivity contribution in [2.45, 2.75) is 61.7 Å². The topological polar surface area (TPSA) is 34.1 Å². The molecule has 0 aromatic carbocycles. The minimum absolute atomic E-state index is 0.666. The molecule has 2 nitrogen and oxygen atoms in total. The van der Waals surface area contributed by atoms with E-state index in [4.69, 9.17) is 0 Å². The predicted molar refractivity (Wildman–Crippen MR) is 68.8 cm³/mol. The lowest BCUT2D eigenvalue weighted by Gasteiger charge is -2.44.